The van der Waals surface area contributed by atoms with Gasteiger partial charge in [0.2, 0.25) is 0 Å². The van der Waals surface area contributed by atoms with Gasteiger partial charge in [0.15, 0.2) is 6.29 Å². The van der Waals surface area contributed by atoms with Gasteiger partial charge in [-0.15, -0.1) is 0 Å². The van der Waals surface area contributed by atoms with Crippen LogP contribution >= 0.6 is 0 Å². The van der Waals surface area contributed by atoms with Gasteiger partial charge in [0, 0.05) is 6.42 Å². The number of rotatable bonds is 4. The van der Waals surface area contributed by atoms with E-state index < -0.39 is 17.9 Å². The molecule has 4 N–H and O–H groups in total. The molecule has 5 nitrogen and oxygen atoms in total. The molecule has 0 aliphatic carbocycles. The zero-order valence-electron chi connectivity index (χ0n) is 8.86. The number of aliphatic hydroxyl groups is 2. The average Bonchev–Trinajstić information content (AvgIpc) is 1.96. The SMILES string of the molecule is CC(C)(C)OC(=O)CC[C@H](N)C(O)O. The van der Waals surface area contributed by atoms with Gasteiger partial charge in [0.25, 0.3) is 0 Å². The summed E-state index contributed by atoms with van der Waals surface area (Å²) in [7, 11) is 0. The lowest BCUT2D eigenvalue weighted by molar-refractivity contribution is -0.155. The van der Waals surface area contributed by atoms with Crippen molar-refractivity contribution in [3.63, 3.8) is 0 Å². The van der Waals surface area contributed by atoms with Crippen molar-refractivity contribution in [2.24, 2.45) is 5.73 Å². The molecular weight excluding hydrogens is 186 g/mol. The summed E-state index contributed by atoms with van der Waals surface area (Å²) < 4.78 is 5.01. The molecular formula is C9H19NO4. The van der Waals surface area contributed by atoms with Crippen LogP contribution in [0.2, 0.25) is 0 Å². The molecule has 0 unspecified atom stereocenters. The Hall–Kier alpha value is -0.650. The molecule has 0 saturated heterocycles. The number of esters is 1. The van der Waals surface area contributed by atoms with E-state index in [-0.39, 0.29) is 18.8 Å². The van der Waals surface area contributed by atoms with Gasteiger partial charge >= 0.3 is 5.97 Å². The van der Waals surface area contributed by atoms with Crippen LogP contribution in [0.5, 0.6) is 0 Å². The minimum Gasteiger partial charge on any atom is -0.460 e. The lowest BCUT2D eigenvalue weighted by Crippen LogP contribution is -2.35. The van der Waals surface area contributed by atoms with Gasteiger partial charge in [-0.05, 0) is 27.2 Å². The summed E-state index contributed by atoms with van der Waals surface area (Å²) in [5, 5.41) is 17.3. The Kier molecular flexibility index (Phi) is 5.04. The van der Waals surface area contributed by atoms with Gasteiger partial charge in [0.1, 0.15) is 5.60 Å². The quantitative estimate of drug-likeness (QED) is 0.434. The van der Waals surface area contributed by atoms with E-state index in [1.165, 1.54) is 0 Å². The van der Waals surface area contributed by atoms with Crippen LogP contribution in [0.3, 0.4) is 0 Å². The zero-order valence-corrected chi connectivity index (χ0v) is 8.86. The van der Waals surface area contributed by atoms with Crippen molar-refractivity contribution in [3.8, 4) is 0 Å². The number of aliphatic hydroxyl groups excluding tert-OH is 1. The number of hydrogen-bond acceptors (Lipinski definition) is 5. The van der Waals surface area contributed by atoms with Crippen molar-refractivity contribution < 1.29 is 19.7 Å². The number of ether oxygens (including phenoxy) is 1. The molecule has 0 amide bonds. The number of nitrogens with two attached hydrogens (primary N) is 1. The van der Waals surface area contributed by atoms with E-state index in [9.17, 15) is 4.79 Å². The second kappa shape index (κ2) is 5.29. The van der Waals surface area contributed by atoms with Crippen LogP contribution in [0.1, 0.15) is 33.6 Å². The fraction of sp³-hybridized carbons (Fsp3) is 0.889. The molecule has 0 aromatic carbocycles. The molecule has 14 heavy (non-hydrogen) atoms. The normalized spacial score (nSPS) is 14.2. The van der Waals surface area contributed by atoms with E-state index in [1.54, 1.807) is 20.8 Å². The molecule has 0 aromatic heterocycles. The van der Waals surface area contributed by atoms with Crippen molar-refractivity contribution in [1.82, 2.24) is 0 Å². The van der Waals surface area contributed by atoms with Gasteiger partial charge in [-0.25, -0.2) is 0 Å². The average molecular weight is 205 g/mol. The Bertz CT molecular complexity index is 186. The lowest BCUT2D eigenvalue weighted by atomic mass is 10.1. The Morgan fingerprint density at radius 1 is 1.43 bits per heavy atom. The van der Waals surface area contributed by atoms with Crippen molar-refractivity contribution in [3.05, 3.63) is 0 Å². The van der Waals surface area contributed by atoms with E-state index in [1.807, 2.05) is 0 Å². The molecule has 84 valence electrons. The highest BCUT2D eigenvalue weighted by atomic mass is 16.6. The molecule has 0 saturated carbocycles. The number of carbonyl (C=O) groups is 1. The Labute approximate surface area is 83.9 Å². The van der Waals surface area contributed by atoms with E-state index in [4.69, 9.17) is 20.7 Å². The van der Waals surface area contributed by atoms with Gasteiger partial charge in [0.05, 0.1) is 6.04 Å². The van der Waals surface area contributed by atoms with Crippen molar-refractivity contribution in [2.45, 2.75) is 51.5 Å². The summed E-state index contributed by atoms with van der Waals surface area (Å²) in [6, 6.07) is -0.803. The third-order valence-corrected chi connectivity index (χ3v) is 1.48. The molecule has 0 aliphatic rings. The van der Waals surface area contributed by atoms with E-state index >= 15 is 0 Å². The molecule has 0 bridgehead atoms. The standard InChI is InChI=1S/C9H19NO4/c1-9(2,3)14-7(11)5-4-6(10)8(12)13/h6,8,12-13H,4-5,10H2,1-3H3/t6-/m0/s1. The molecule has 0 aliphatic heterocycles. The molecule has 0 aromatic rings. The van der Waals surface area contributed by atoms with E-state index in [2.05, 4.69) is 0 Å². The lowest BCUT2D eigenvalue weighted by Gasteiger charge is -2.20. The molecule has 0 fully saturated rings. The second-order valence-electron chi connectivity index (χ2n) is 4.20. The van der Waals surface area contributed by atoms with Gasteiger partial charge in [-0.2, -0.15) is 0 Å². The highest BCUT2D eigenvalue weighted by Crippen LogP contribution is 2.09. The van der Waals surface area contributed by atoms with Gasteiger partial charge in [-0.3, -0.25) is 4.79 Å². The molecule has 0 radical (unpaired) electrons. The summed E-state index contributed by atoms with van der Waals surface area (Å²) in [5.41, 5.74) is 4.81. The monoisotopic (exact) mass is 205 g/mol. The third-order valence-electron chi connectivity index (χ3n) is 1.48. The second-order valence-corrected chi connectivity index (χ2v) is 4.20. The van der Waals surface area contributed by atoms with Crippen LogP contribution in [-0.2, 0) is 9.53 Å². The largest absolute Gasteiger partial charge is 0.460 e. The van der Waals surface area contributed by atoms with Crippen LogP contribution in [0.15, 0.2) is 0 Å². The summed E-state index contributed by atoms with van der Waals surface area (Å²) >= 11 is 0. The van der Waals surface area contributed by atoms with Crippen LogP contribution in [0.4, 0.5) is 0 Å². The first-order valence-corrected chi connectivity index (χ1v) is 4.56. The highest BCUT2D eigenvalue weighted by Gasteiger charge is 2.18. The van der Waals surface area contributed by atoms with Gasteiger partial charge < -0.3 is 20.7 Å². The van der Waals surface area contributed by atoms with Crippen molar-refractivity contribution in [2.75, 3.05) is 0 Å². The van der Waals surface area contributed by atoms with E-state index in [0.717, 1.165) is 0 Å². The number of hydrogen-bond donors (Lipinski definition) is 3. The number of carbonyl (C=O) groups excluding carboxylic acids is 1. The van der Waals surface area contributed by atoms with Crippen molar-refractivity contribution >= 4 is 5.97 Å². The maximum Gasteiger partial charge on any atom is 0.306 e. The first kappa shape index (κ1) is 13.4. The zero-order chi connectivity index (χ0) is 11.4. The molecule has 5 heteroatoms. The summed E-state index contributed by atoms with van der Waals surface area (Å²) in [5.74, 6) is -0.381. The predicted molar refractivity (Wildman–Crippen MR) is 51.3 cm³/mol. The Morgan fingerprint density at radius 3 is 2.29 bits per heavy atom. The van der Waals surface area contributed by atoms with Crippen LogP contribution in [-0.4, -0.2) is 34.1 Å². The summed E-state index contributed by atoms with van der Waals surface area (Å²) in [4.78, 5) is 11.1. The fourth-order valence-electron chi connectivity index (χ4n) is 0.826. The van der Waals surface area contributed by atoms with Crippen molar-refractivity contribution in [1.29, 1.82) is 0 Å². The molecule has 0 heterocycles. The highest BCUT2D eigenvalue weighted by molar-refractivity contribution is 5.69. The Balaban J connectivity index is 3.75. The third kappa shape index (κ3) is 6.82. The summed E-state index contributed by atoms with van der Waals surface area (Å²) in [6.07, 6.45) is -1.29. The first-order valence-electron chi connectivity index (χ1n) is 4.56. The first-order chi connectivity index (χ1) is 6.22. The van der Waals surface area contributed by atoms with Crippen LogP contribution in [0, 0.1) is 0 Å². The van der Waals surface area contributed by atoms with Crippen LogP contribution < -0.4 is 5.73 Å². The topological polar surface area (TPSA) is 92.8 Å². The maximum atomic E-state index is 11.1. The van der Waals surface area contributed by atoms with Gasteiger partial charge in [-0.1, -0.05) is 0 Å². The Morgan fingerprint density at radius 2 is 1.93 bits per heavy atom. The molecule has 1 atom stereocenters. The molecule has 0 rings (SSSR count). The van der Waals surface area contributed by atoms with E-state index in [0.29, 0.717) is 0 Å². The smallest absolute Gasteiger partial charge is 0.306 e. The van der Waals surface area contributed by atoms with Crippen LogP contribution in [0.25, 0.3) is 0 Å². The minimum absolute atomic E-state index is 0.0933. The predicted octanol–water partition coefficient (Wildman–Crippen LogP) is -0.254. The molecule has 0 spiro atoms. The fourth-order valence-corrected chi connectivity index (χ4v) is 0.826. The minimum atomic E-state index is -1.59. The summed E-state index contributed by atoms with van der Waals surface area (Å²) in [6.45, 7) is 5.31. The maximum absolute atomic E-state index is 11.1.